The number of hydrazone groups is 1. The minimum absolute atomic E-state index is 0.0322. The fourth-order valence-corrected chi connectivity index (χ4v) is 4.39. The van der Waals surface area contributed by atoms with Gasteiger partial charge in [-0.3, -0.25) is 9.59 Å². The molecular weight excluding hydrogens is 448 g/mol. The molecule has 0 saturated heterocycles. The number of amides is 2. The molecule has 2 aliphatic heterocycles. The Morgan fingerprint density at radius 1 is 1.11 bits per heavy atom. The third-order valence-electron chi connectivity index (χ3n) is 6.19. The van der Waals surface area contributed by atoms with Gasteiger partial charge >= 0.3 is 0 Å². The van der Waals surface area contributed by atoms with Crippen LogP contribution in [0.25, 0.3) is 0 Å². The summed E-state index contributed by atoms with van der Waals surface area (Å²) in [5.74, 6) is 1.52. The van der Waals surface area contributed by atoms with Crippen molar-refractivity contribution >= 4 is 23.2 Å². The molecule has 9 heteroatoms. The first-order chi connectivity index (χ1) is 17.1. The number of ether oxygens (including phenoxy) is 2. The van der Waals surface area contributed by atoms with E-state index in [4.69, 9.17) is 19.0 Å². The van der Waals surface area contributed by atoms with Gasteiger partial charge in [0, 0.05) is 13.5 Å². The van der Waals surface area contributed by atoms with Gasteiger partial charge in [-0.25, -0.2) is 5.01 Å². The van der Waals surface area contributed by atoms with E-state index in [-0.39, 0.29) is 30.9 Å². The number of anilines is 1. The number of rotatable bonds is 6. The highest BCUT2D eigenvalue weighted by atomic mass is 16.5. The first kappa shape index (κ1) is 22.5. The van der Waals surface area contributed by atoms with Gasteiger partial charge in [0.15, 0.2) is 6.10 Å². The highest BCUT2D eigenvalue weighted by Gasteiger charge is 2.37. The maximum absolute atomic E-state index is 13.6. The molecule has 3 heterocycles. The number of fused-ring (bicyclic) bond motifs is 1. The molecule has 1 N–H and O–H groups in total. The molecule has 0 spiro atoms. The van der Waals surface area contributed by atoms with Gasteiger partial charge in [0.25, 0.3) is 11.8 Å². The molecule has 2 amide bonds. The van der Waals surface area contributed by atoms with E-state index >= 15 is 0 Å². The van der Waals surface area contributed by atoms with Crippen molar-refractivity contribution in [3.8, 4) is 11.5 Å². The molecule has 2 aliphatic rings. The molecular formula is C26H26N4O5. The topological polar surface area (TPSA) is 96.6 Å². The smallest absolute Gasteiger partial charge is 0.262 e. The Morgan fingerprint density at radius 3 is 2.63 bits per heavy atom. The number of hydrogen-bond donors (Lipinski definition) is 1. The van der Waals surface area contributed by atoms with Gasteiger partial charge < -0.3 is 24.1 Å². The Bertz CT molecular complexity index is 1240. The van der Waals surface area contributed by atoms with Crippen LogP contribution in [0.5, 0.6) is 11.5 Å². The zero-order chi connectivity index (χ0) is 24.4. The van der Waals surface area contributed by atoms with Crippen molar-refractivity contribution in [1.29, 1.82) is 0 Å². The number of nitrogens with one attached hydrogen (secondary N) is 1. The zero-order valence-electron chi connectivity index (χ0n) is 19.5. The van der Waals surface area contributed by atoms with Crippen molar-refractivity contribution in [1.82, 2.24) is 10.3 Å². The number of carbonyl (C=O) groups is 2. The van der Waals surface area contributed by atoms with E-state index in [0.29, 0.717) is 17.9 Å². The van der Waals surface area contributed by atoms with E-state index in [1.807, 2.05) is 53.4 Å². The van der Waals surface area contributed by atoms with Crippen LogP contribution in [0.2, 0.25) is 0 Å². The van der Waals surface area contributed by atoms with Crippen LogP contribution in [0.4, 0.5) is 5.69 Å². The number of furan rings is 1. The standard InChI is InChI=1S/C26H26N4O5/c1-27-26(32)24-15-29(20-6-3-4-7-23(20)35-24)16-25(31)30-21(22-8-5-13-34-22)14-19(28-30)17-9-11-18(33-2)12-10-17/h3-13,21,24H,14-16H2,1-2H3,(H,27,32)/t21-,24+/m1/s1. The molecule has 0 bridgehead atoms. The van der Waals surface area contributed by atoms with Crippen LogP contribution in [-0.2, 0) is 9.59 Å². The summed E-state index contributed by atoms with van der Waals surface area (Å²) >= 11 is 0. The minimum atomic E-state index is -0.722. The molecule has 2 aromatic carbocycles. The second-order valence-corrected chi connectivity index (χ2v) is 8.32. The summed E-state index contributed by atoms with van der Waals surface area (Å²) in [7, 11) is 3.18. The van der Waals surface area contributed by atoms with Crippen LogP contribution in [0.1, 0.15) is 23.8 Å². The molecule has 3 aromatic rings. The van der Waals surface area contributed by atoms with Crippen LogP contribution in [0.3, 0.4) is 0 Å². The molecule has 2 atom stereocenters. The summed E-state index contributed by atoms with van der Waals surface area (Å²) in [6.07, 6.45) is 1.39. The molecule has 5 rings (SSSR count). The molecule has 1 aromatic heterocycles. The average Bonchev–Trinajstić information content (AvgIpc) is 3.58. The normalized spacial score (nSPS) is 19.0. The zero-order valence-corrected chi connectivity index (χ0v) is 19.5. The van der Waals surface area contributed by atoms with Crippen LogP contribution >= 0.6 is 0 Å². The van der Waals surface area contributed by atoms with Gasteiger partial charge in [0.05, 0.1) is 37.9 Å². The number of para-hydroxylation sites is 2. The van der Waals surface area contributed by atoms with Crippen molar-refractivity contribution in [3.63, 3.8) is 0 Å². The van der Waals surface area contributed by atoms with Crippen molar-refractivity contribution in [3.05, 3.63) is 78.3 Å². The van der Waals surface area contributed by atoms with Gasteiger partial charge in [-0.2, -0.15) is 5.10 Å². The van der Waals surface area contributed by atoms with Crippen LogP contribution < -0.4 is 19.7 Å². The van der Waals surface area contributed by atoms with Gasteiger partial charge in [-0.15, -0.1) is 0 Å². The van der Waals surface area contributed by atoms with E-state index in [1.165, 1.54) is 5.01 Å². The fourth-order valence-electron chi connectivity index (χ4n) is 4.39. The Hall–Kier alpha value is -4.27. The maximum atomic E-state index is 13.6. The van der Waals surface area contributed by atoms with Gasteiger partial charge in [-0.05, 0) is 54.1 Å². The van der Waals surface area contributed by atoms with E-state index in [0.717, 1.165) is 22.7 Å². The monoisotopic (exact) mass is 474 g/mol. The van der Waals surface area contributed by atoms with Crippen LogP contribution in [-0.4, -0.2) is 55.9 Å². The van der Waals surface area contributed by atoms with E-state index in [9.17, 15) is 9.59 Å². The number of hydrogen-bond acceptors (Lipinski definition) is 7. The van der Waals surface area contributed by atoms with Crippen molar-refractivity contribution in [2.75, 3.05) is 32.1 Å². The summed E-state index contributed by atoms with van der Waals surface area (Å²) < 4.78 is 16.8. The Kier molecular flexibility index (Phi) is 6.13. The number of likely N-dealkylation sites (N-methyl/N-ethyl adjacent to an activating group) is 1. The lowest BCUT2D eigenvalue weighted by atomic mass is 10.0. The molecule has 9 nitrogen and oxygen atoms in total. The lowest BCUT2D eigenvalue weighted by Gasteiger charge is -2.35. The van der Waals surface area contributed by atoms with Crippen molar-refractivity contribution < 1.29 is 23.5 Å². The first-order valence-electron chi connectivity index (χ1n) is 11.4. The molecule has 0 saturated carbocycles. The second kappa shape index (κ2) is 9.54. The van der Waals surface area contributed by atoms with Crippen molar-refractivity contribution in [2.45, 2.75) is 18.6 Å². The molecule has 0 radical (unpaired) electrons. The van der Waals surface area contributed by atoms with Gasteiger partial charge in [-0.1, -0.05) is 12.1 Å². The van der Waals surface area contributed by atoms with Crippen LogP contribution in [0, 0.1) is 0 Å². The largest absolute Gasteiger partial charge is 0.497 e. The molecule has 0 aliphatic carbocycles. The Morgan fingerprint density at radius 2 is 1.91 bits per heavy atom. The minimum Gasteiger partial charge on any atom is -0.497 e. The summed E-state index contributed by atoms with van der Waals surface area (Å²) in [5, 5.41) is 8.82. The van der Waals surface area contributed by atoms with Gasteiger partial charge in [0.2, 0.25) is 0 Å². The predicted octanol–water partition coefficient (Wildman–Crippen LogP) is 2.98. The van der Waals surface area contributed by atoms with E-state index in [1.54, 1.807) is 32.6 Å². The first-order valence-corrected chi connectivity index (χ1v) is 11.4. The number of nitrogens with zero attached hydrogens (tertiary/aromatic N) is 3. The maximum Gasteiger partial charge on any atom is 0.262 e. The van der Waals surface area contributed by atoms with Gasteiger partial charge in [0.1, 0.15) is 23.3 Å². The molecule has 35 heavy (non-hydrogen) atoms. The quantitative estimate of drug-likeness (QED) is 0.590. The van der Waals surface area contributed by atoms with Crippen LogP contribution in [0.15, 0.2) is 76.4 Å². The molecule has 0 fully saturated rings. The second-order valence-electron chi connectivity index (χ2n) is 8.32. The molecule has 180 valence electrons. The summed E-state index contributed by atoms with van der Waals surface area (Å²) in [6, 6.07) is 18.3. The predicted molar refractivity (Wildman–Crippen MR) is 130 cm³/mol. The summed E-state index contributed by atoms with van der Waals surface area (Å²) in [5.41, 5.74) is 2.45. The number of methoxy groups -OCH3 is 1. The van der Waals surface area contributed by atoms with Crippen molar-refractivity contribution in [2.24, 2.45) is 5.10 Å². The Balaban J connectivity index is 1.42. The third kappa shape index (κ3) is 4.44. The average molecular weight is 475 g/mol. The molecule has 0 unspecified atom stereocenters. The summed E-state index contributed by atoms with van der Waals surface area (Å²) in [4.78, 5) is 27.8. The van der Waals surface area contributed by atoms with E-state index in [2.05, 4.69) is 5.32 Å². The highest BCUT2D eigenvalue weighted by Crippen LogP contribution is 2.36. The highest BCUT2D eigenvalue weighted by molar-refractivity contribution is 6.03. The number of benzene rings is 2. The lowest BCUT2D eigenvalue weighted by Crippen LogP contribution is -2.50. The lowest BCUT2D eigenvalue weighted by molar-refractivity contribution is -0.132. The number of carbonyl (C=O) groups excluding carboxylic acids is 2. The Labute approximate surface area is 202 Å². The van der Waals surface area contributed by atoms with E-state index < -0.39 is 6.10 Å². The SMILES string of the molecule is CNC(=O)[C@@H]1CN(CC(=O)N2N=C(c3ccc(OC)cc3)C[C@@H]2c2ccco2)c2ccccc2O1. The fraction of sp³-hybridized carbons (Fsp3) is 0.269. The summed E-state index contributed by atoms with van der Waals surface area (Å²) in [6.45, 7) is 0.279. The third-order valence-corrected chi connectivity index (χ3v) is 6.19.